The van der Waals surface area contributed by atoms with E-state index in [-0.39, 0.29) is 5.82 Å². The SMILES string of the molecule is COc1cc(N2CCOCC2)ccc1Nc1nccc2nc(-c3cccnc3N(C)S(C)(=O)=O)[nH]c12. The van der Waals surface area contributed by atoms with Gasteiger partial charge in [-0.3, -0.25) is 4.31 Å². The van der Waals surface area contributed by atoms with Gasteiger partial charge in [0.05, 0.1) is 43.3 Å². The number of hydrogen-bond acceptors (Lipinski definition) is 9. The van der Waals surface area contributed by atoms with E-state index >= 15 is 0 Å². The Morgan fingerprint density at radius 3 is 2.69 bits per heavy atom. The van der Waals surface area contributed by atoms with E-state index < -0.39 is 10.0 Å². The summed E-state index contributed by atoms with van der Waals surface area (Å²) in [5.74, 6) is 2.00. The summed E-state index contributed by atoms with van der Waals surface area (Å²) >= 11 is 0. The fraction of sp³-hybridized carbons (Fsp3) is 0.292. The van der Waals surface area contributed by atoms with Crippen LogP contribution in [0.15, 0.2) is 48.8 Å². The molecule has 0 spiro atoms. The number of pyridine rings is 2. The Balaban J connectivity index is 1.50. The molecule has 11 nitrogen and oxygen atoms in total. The molecule has 1 aliphatic heterocycles. The van der Waals surface area contributed by atoms with Crippen molar-refractivity contribution in [3.8, 4) is 17.1 Å². The second-order valence-electron chi connectivity index (χ2n) is 8.35. The van der Waals surface area contributed by atoms with Crippen LogP contribution in [0.4, 0.5) is 23.0 Å². The summed E-state index contributed by atoms with van der Waals surface area (Å²) in [5, 5.41) is 3.35. The van der Waals surface area contributed by atoms with Gasteiger partial charge in [-0.05, 0) is 30.3 Å². The second kappa shape index (κ2) is 9.63. The number of methoxy groups -OCH3 is 1. The number of fused-ring (bicyclic) bond motifs is 1. The number of aromatic amines is 1. The number of nitrogens with one attached hydrogen (secondary N) is 2. The maximum atomic E-state index is 12.1. The van der Waals surface area contributed by atoms with Crippen molar-refractivity contribution >= 4 is 44.1 Å². The van der Waals surface area contributed by atoms with Crippen molar-refractivity contribution in [2.45, 2.75) is 0 Å². The molecule has 3 aromatic heterocycles. The lowest BCUT2D eigenvalue weighted by Crippen LogP contribution is -2.36. The number of hydrogen-bond donors (Lipinski definition) is 2. The van der Waals surface area contributed by atoms with E-state index in [1.54, 1.807) is 37.7 Å². The number of H-pyrrole nitrogens is 1. The van der Waals surface area contributed by atoms with Crippen molar-refractivity contribution < 1.29 is 17.9 Å². The van der Waals surface area contributed by atoms with Crippen LogP contribution in [-0.2, 0) is 14.8 Å². The topological polar surface area (TPSA) is 126 Å². The van der Waals surface area contributed by atoms with Crippen LogP contribution in [-0.4, -0.2) is 75.1 Å². The molecule has 1 aliphatic rings. The van der Waals surface area contributed by atoms with Gasteiger partial charge < -0.3 is 24.7 Å². The first-order valence-corrected chi connectivity index (χ1v) is 13.2. The molecule has 1 aromatic carbocycles. The van der Waals surface area contributed by atoms with E-state index in [1.165, 1.54) is 7.05 Å². The van der Waals surface area contributed by atoms with Gasteiger partial charge in [0.1, 0.15) is 17.1 Å². The van der Waals surface area contributed by atoms with E-state index in [0.29, 0.717) is 47.2 Å². The first kappa shape index (κ1) is 23.8. The summed E-state index contributed by atoms with van der Waals surface area (Å²) in [6, 6.07) is 11.3. The van der Waals surface area contributed by atoms with Crippen molar-refractivity contribution in [3.63, 3.8) is 0 Å². The van der Waals surface area contributed by atoms with E-state index in [0.717, 1.165) is 35.0 Å². The van der Waals surface area contributed by atoms with Crippen LogP contribution in [0.2, 0.25) is 0 Å². The standard InChI is InChI=1S/C24H27N7O4S/c1-30(36(3,32)33)24-17(5-4-9-26-24)22-28-19-8-10-25-23(21(19)29-22)27-18-7-6-16(15-20(18)34-2)31-11-13-35-14-12-31/h4-10,15H,11-14H2,1-3H3,(H,25,27)(H,28,29). The Hall–Kier alpha value is -3.90. The zero-order chi connectivity index (χ0) is 25.3. The predicted octanol–water partition coefficient (Wildman–Crippen LogP) is 3.00. The Bertz CT molecular complexity index is 1500. The van der Waals surface area contributed by atoms with Crippen LogP contribution in [0.25, 0.3) is 22.4 Å². The van der Waals surface area contributed by atoms with Crippen molar-refractivity contribution in [2.24, 2.45) is 0 Å². The zero-order valence-corrected chi connectivity index (χ0v) is 21.0. The molecule has 0 amide bonds. The highest BCUT2D eigenvalue weighted by Crippen LogP contribution is 2.35. The minimum absolute atomic E-state index is 0.280. The molecule has 4 aromatic rings. The highest BCUT2D eigenvalue weighted by molar-refractivity contribution is 7.92. The molecule has 188 valence electrons. The lowest BCUT2D eigenvalue weighted by Gasteiger charge is -2.29. The van der Waals surface area contributed by atoms with Crippen LogP contribution in [0.1, 0.15) is 0 Å². The largest absolute Gasteiger partial charge is 0.494 e. The first-order chi connectivity index (χ1) is 17.3. The summed E-state index contributed by atoms with van der Waals surface area (Å²) < 4.78 is 36.5. The molecule has 5 rings (SSSR count). The van der Waals surface area contributed by atoms with Crippen LogP contribution in [0, 0.1) is 0 Å². The van der Waals surface area contributed by atoms with Gasteiger partial charge in [-0.1, -0.05) is 0 Å². The molecule has 0 bridgehead atoms. The number of morpholine rings is 1. The third-order valence-electron chi connectivity index (χ3n) is 6.06. The van der Waals surface area contributed by atoms with Gasteiger partial charge in [0, 0.05) is 44.3 Å². The average molecular weight is 510 g/mol. The predicted molar refractivity (Wildman–Crippen MR) is 140 cm³/mol. The minimum atomic E-state index is -3.50. The number of nitrogens with zero attached hydrogens (tertiary/aromatic N) is 5. The van der Waals surface area contributed by atoms with Crippen molar-refractivity contribution in [3.05, 3.63) is 48.8 Å². The van der Waals surface area contributed by atoms with Crippen molar-refractivity contribution in [1.29, 1.82) is 0 Å². The summed E-state index contributed by atoms with van der Waals surface area (Å²) in [6.45, 7) is 3.07. The van der Waals surface area contributed by atoms with E-state index in [2.05, 4.69) is 30.2 Å². The van der Waals surface area contributed by atoms with Gasteiger partial charge in [0.2, 0.25) is 10.0 Å². The first-order valence-electron chi connectivity index (χ1n) is 11.4. The molecular formula is C24H27N7O4S. The maximum Gasteiger partial charge on any atom is 0.233 e. The van der Waals surface area contributed by atoms with Crippen molar-refractivity contribution in [2.75, 3.05) is 61.2 Å². The highest BCUT2D eigenvalue weighted by Gasteiger charge is 2.21. The number of sulfonamides is 1. The summed E-state index contributed by atoms with van der Waals surface area (Å²) in [4.78, 5) is 19.0. The monoisotopic (exact) mass is 509 g/mol. The fourth-order valence-corrected chi connectivity index (χ4v) is 4.54. The number of anilines is 4. The Morgan fingerprint density at radius 1 is 1.14 bits per heavy atom. The molecule has 0 radical (unpaired) electrons. The van der Waals surface area contributed by atoms with Gasteiger partial charge in [-0.15, -0.1) is 0 Å². The third kappa shape index (κ3) is 4.64. The molecule has 0 aliphatic carbocycles. The van der Waals surface area contributed by atoms with Gasteiger partial charge in [-0.25, -0.2) is 23.4 Å². The van der Waals surface area contributed by atoms with Gasteiger partial charge in [-0.2, -0.15) is 0 Å². The minimum Gasteiger partial charge on any atom is -0.494 e. The molecule has 4 heterocycles. The number of rotatable bonds is 7. The smallest absolute Gasteiger partial charge is 0.233 e. The maximum absolute atomic E-state index is 12.1. The highest BCUT2D eigenvalue weighted by atomic mass is 32.2. The Labute approximate surface area is 209 Å². The summed E-state index contributed by atoms with van der Waals surface area (Å²) in [5.41, 5.74) is 3.71. The molecule has 0 unspecified atom stereocenters. The number of ether oxygens (including phenoxy) is 2. The molecule has 12 heteroatoms. The average Bonchev–Trinajstić information content (AvgIpc) is 3.34. The van der Waals surface area contributed by atoms with Crippen LogP contribution in [0.3, 0.4) is 0 Å². The number of benzene rings is 1. The molecule has 1 fully saturated rings. The van der Waals surface area contributed by atoms with Crippen LogP contribution < -0.4 is 19.3 Å². The molecule has 36 heavy (non-hydrogen) atoms. The lowest BCUT2D eigenvalue weighted by atomic mass is 10.2. The Morgan fingerprint density at radius 2 is 1.94 bits per heavy atom. The van der Waals surface area contributed by atoms with Crippen LogP contribution >= 0.6 is 0 Å². The molecule has 1 saturated heterocycles. The number of imidazole rings is 1. The zero-order valence-electron chi connectivity index (χ0n) is 20.2. The van der Waals surface area contributed by atoms with Crippen LogP contribution in [0.5, 0.6) is 5.75 Å². The fourth-order valence-electron chi connectivity index (χ4n) is 4.08. The van der Waals surface area contributed by atoms with Gasteiger partial charge in [0.25, 0.3) is 0 Å². The molecule has 0 saturated carbocycles. The summed E-state index contributed by atoms with van der Waals surface area (Å²) in [7, 11) is -0.408. The van der Waals surface area contributed by atoms with Crippen molar-refractivity contribution in [1.82, 2.24) is 19.9 Å². The van der Waals surface area contributed by atoms with E-state index in [1.807, 2.05) is 18.2 Å². The van der Waals surface area contributed by atoms with E-state index in [9.17, 15) is 8.42 Å². The normalized spacial score (nSPS) is 14.1. The lowest BCUT2D eigenvalue weighted by molar-refractivity contribution is 0.122. The second-order valence-corrected chi connectivity index (χ2v) is 10.4. The number of aromatic nitrogens is 4. The quantitative estimate of drug-likeness (QED) is 0.387. The van der Waals surface area contributed by atoms with Gasteiger partial charge >= 0.3 is 0 Å². The Kier molecular flexibility index (Phi) is 6.37. The third-order valence-corrected chi connectivity index (χ3v) is 7.22. The molecule has 0 atom stereocenters. The molecule has 2 N–H and O–H groups in total. The van der Waals surface area contributed by atoms with E-state index in [4.69, 9.17) is 9.47 Å². The van der Waals surface area contributed by atoms with Gasteiger partial charge in [0.15, 0.2) is 11.6 Å². The summed E-state index contributed by atoms with van der Waals surface area (Å²) in [6.07, 6.45) is 4.34. The molecular weight excluding hydrogens is 482 g/mol.